The SMILES string of the molecule is COC(=O)C(N)CCn1c(C)nc(Br)c1Br. The van der Waals surface area contributed by atoms with Crippen molar-refractivity contribution in [3.63, 3.8) is 0 Å². The van der Waals surface area contributed by atoms with Crippen molar-refractivity contribution < 1.29 is 9.53 Å². The molecule has 2 N–H and O–H groups in total. The molecule has 1 rings (SSSR count). The zero-order valence-corrected chi connectivity index (χ0v) is 12.2. The molecule has 0 saturated heterocycles. The largest absolute Gasteiger partial charge is 0.468 e. The van der Waals surface area contributed by atoms with E-state index in [9.17, 15) is 4.79 Å². The molecule has 16 heavy (non-hydrogen) atoms. The standard InChI is InChI=1S/C9H13Br2N3O2/c1-5-13-7(10)8(11)14(5)4-3-6(12)9(15)16-2/h6H,3-4,12H2,1-2H3. The third kappa shape index (κ3) is 3.05. The summed E-state index contributed by atoms with van der Waals surface area (Å²) in [6, 6.07) is -0.600. The van der Waals surface area contributed by atoms with Crippen LogP contribution < -0.4 is 5.73 Å². The minimum atomic E-state index is -0.600. The van der Waals surface area contributed by atoms with Crippen LogP contribution >= 0.6 is 31.9 Å². The van der Waals surface area contributed by atoms with Gasteiger partial charge in [-0.25, -0.2) is 4.98 Å². The van der Waals surface area contributed by atoms with Gasteiger partial charge in [-0.05, 0) is 45.2 Å². The molecule has 1 atom stereocenters. The van der Waals surface area contributed by atoms with Crippen LogP contribution in [-0.2, 0) is 16.1 Å². The molecule has 0 saturated carbocycles. The first kappa shape index (κ1) is 13.7. The van der Waals surface area contributed by atoms with E-state index in [-0.39, 0.29) is 0 Å². The van der Waals surface area contributed by atoms with E-state index in [1.807, 2.05) is 11.5 Å². The molecule has 90 valence electrons. The van der Waals surface area contributed by atoms with Gasteiger partial charge in [-0.3, -0.25) is 4.79 Å². The average molecular weight is 355 g/mol. The molecule has 0 radical (unpaired) electrons. The molecule has 0 amide bonds. The number of halogens is 2. The van der Waals surface area contributed by atoms with E-state index in [0.717, 1.165) is 15.0 Å². The average Bonchev–Trinajstić information content (AvgIpc) is 2.49. The molecule has 1 heterocycles. The highest BCUT2D eigenvalue weighted by molar-refractivity contribution is 9.13. The van der Waals surface area contributed by atoms with Crippen LogP contribution in [0.15, 0.2) is 9.21 Å². The van der Waals surface area contributed by atoms with Crippen molar-refractivity contribution >= 4 is 37.8 Å². The molecule has 1 unspecified atom stereocenters. The predicted octanol–water partition coefficient (Wildman–Crippen LogP) is 1.61. The topological polar surface area (TPSA) is 70.1 Å². The van der Waals surface area contributed by atoms with Crippen molar-refractivity contribution in [3.8, 4) is 0 Å². The third-order valence-corrected chi connectivity index (χ3v) is 4.11. The van der Waals surface area contributed by atoms with Gasteiger partial charge >= 0.3 is 5.97 Å². The molecule has 0 aliphatic carbocycles. The van der Waals surface area contributed by atoms with E-state index in [1.54, 1.807) is 0 Å². The number of esters is 1. The lowest BCUT2D eigenvalue weighted by atomic mass is 10.2. The fourth-order valence-corrected chi connectivity index (χ4v) is 2.29. The van der Waals surface area contributed by atoms with E-state index in [4.69, 9.17) is 5.73 Å². The summed E-state index contributed by atoms with van der Waals surface area (Å²) in [6.45, 7) is 2.50. The number of nitrogens with zero attached hydrogens (tertiary/aromatic N) is 2. The predicted molar refractivity (Wildman–Crippen MR) is 67.0 cm³/mol. The number of carbonyl (C=O) groups is 1. The maximum atomic E-state index is 11.1. The van der Waals surface area contributed by atoms with Crippen molar-refractivity contribution in [1.82, 2.24) is 9.55 Å². The molecular weight excluding hydrogens is 342 g/mol. The summed E-state index contributed by atoms with van der Waals surface area (Å²) < 4.78 is 8.09. The summed E-state index contributed by atoms with van der Waals surface area (Å²) in [7, 11) is 1.33. The second-order valence-corrected chi connectivity index (χ2v) is 4.81. The van der Waals surface area contributed by atoms with Crippen molar-refractivity contribution in [3.05, 3.63) is 15.0 Å². The third-order valence-electron chi connectivity index (χ3n) is 2.23. The Hall–Kier alpha value is -0.400. The minimum Gasteiger partial charge on any atom is -0.468 e. The molecular formula is C9H13Br2N3O2. The number of rotatable bonds is 4. The Morgan fingerprint density at radius 2 is 2.25 bits per heavy atom. The zero-order chi connectivity index (χ0) is 12.3. The Balaban J connectivity index is 2.64. The Labute approximate surface area is 111 Å². The molecule has 1 aromatic heterocycles. The number of carbonyl (C=O) groups excluding carboxylic acids is 1. The molecule has 0 spiro atoms. The van der Waals surface area contributed by atoms with Gasteiger partial charge in [0.05, 0.1) is 7.11 Å². The van der Waals surface area contributed by atoms with Crippen LogP contribution in [-0.4, -0.2) is 28.7 Å². The summed E-state index contributed by atoms with van der Waals surface area (Å²) in [5.41, 5.74) is 5.65. The highest BCUT2D eigenvalue weighted by Crippen LogP contribution is 2.23. The van der Waals surface area contributed by atoms with Crippen LogP contribution in [0, 0.1) is 6.92 Å². The first-order chi connectivity index (χ1) is 7.47. The fourth-order valence-electron chi connectivity index (χ4n) is 1.30. The summed E-state index contributed by atoms with van der Waals surface area (Å²) in [6.07, 6.45) is 0.509. The van der Waals surface area contributed by atoms with E-state index < -0.39 is 12.0 Å². The van der Waals surface area contributed by atoms with E-state index in [1.165, 1.54) is 7.11 Å². The monoisotopic (exact) mass is 353 g/mol. The first-order valence-corrected chi connectivity index (χ1v) is 6.27. The number of aryl methyl sites for hydroxylation is 1. The molecule has 0 aliphatic heterocycles. The van der Waals surface area contributed by atoms with Gasteiger partial charge in [0, 0.05) is 6.54 Å². The van der Waals surface area contributed by atoms with Crippen LogP contribution in [0.2, 0.25) is 0 Å². The van der Waals surface area contributed by atoms with E-state index in [0.29, 0.717) is 13.0 Å². The Morgan fingerprint density at radius 3 is 2.69 bits per heavy atom. The van der Waals surface area contributed by atoms with Crippen LogP contribution in [0.1, 0.15) is 12.2 Å². The summed E-state index contributed by atoms with van der Waals surface area (Å²) in [4.78, 5) is 15.3. The van der Waals surface area contributed by atoms with Crippen LogP contribution in [0.5, 0.6) is 0 Å². The second-order valence-electron chi connectivity index (χ2n) is 3.31. The normalized spacial score (nSPS) is 12.6. The molecule has 0 fully saturated rings. The number of ether oxygens (including phenoxy) is 1. The number of imidazole rings is 1. The molecule has 0 aromatic carbocycles. The summed E-state index contributed by atoms with van der Waals surface area (Å²) >= 11 is 6.72. The van der Waals surface area contributed by atoms with Crippen LogP contribution in [0.3, 0.4) is 0 Å². The van der Waals surface area contributed by atoms with Crippen LogP contribution in [0.25, 0.3) is 0 Å². The molecule has 0 bridgehead atoms. The van der Waals surface area contributed by atoms with Crippen molar-refractivity contribution in [1.29, 1.82) is 0 Å². The first-order valence-electron chi connectivity index (χ1n) is 4.69. The van der Waals surface area contributed by atoms with Crippen molar-refractivity contribution in [2.75, 3.05) is 7.11 Å². The van der Waals surface area contributed by atoms with E-state index >= 15 is 0 Å². The number of nitrogens with two attached hydrogens (primary N) is 1. The number of hydrogen-bond acceptors (Lipinski definition) is 4. The molecule has 5 nitrogen and oxygen atoms in total. The van der Waals surface area contributed by atoms with Gasteiger partial charge in [-0.2, -0.15) is 0 Å². The van der Waals surface area contributed by atoms with Crippen molar-refractivity contribution in [2.24, 2.45) is 5.73 Å². The minimum absolute atomic E-state index is 0.395. The van der Waals surface area contributed by atoms with Crippen molar-refractivity contribution in [2.45, 2.75) is 25.9 Å². The van der Waals surface area contributed by atoms with Gasteiger partial charge in [-0.15, -0.1) is 0 Å². The van der Waals surface area contributed by atoms with Gasteiger partial charge in [0.25, 0.3) is 0 Å². The van der Waals surface area contributed by atoms with Gasteiger partial charge in [0.15, 0.2) is 0 Å². The Morgan fingerprint density at radius 1 is 1.62 bits per heavy atom. The smallest absolute Gasteiger partial charge is 0.322 e. The maximum Gasteiger partial charge on any atom is 0.322 e. The lowest BCUT2D eigenvalue weighted by Crippen LogP contribution is -2.32. The van der Waals surface area contributed by atoms with Gasteiger partial charge < -0.3 is 15.0 Å². The Kier molecular flexibility index (Phi) is 4.94. The second kappa shape index (κ2) is 5.79. The van der Waals surface area contributed by atoms with Gasteiger partial charge in [0.1, 0.15) is 21.1 Å². The molecule has 1 aromatic rings. The lowest BCUT2D eigenvalue weighted by Gasteiger charge is -2.11. The maximum absolute atomic E-state index is 11.1. The zero-order valence-electron chi connectivity index (χ0n) is 9.04. The quantitative estimate of drug-likeness (QED) is 0.834. The van der Waals surface area contributed by atoms with Crippen LogP contribution in [0.4, 0.5) is 0 Å². The van der Waals surface area contributed by atoms with Gasteiger partial charge in [-0.1, -0.05) is 0 Å². The van der Waals surface area contributed by atoms with E-state index in [2.05, 4.69) is 41.6 Å². The van der Waals surface area contributed by atoms with Gasteiger partial charge in [0.2, 0.25) is 0 Å². The fraction of sp³-hybridized carbons (Fsp3) is 0.556. The summed E-state index contributed by atoms with van der Waals surface area (Å²) in [5.74, 6) is 0.462. The molecule has 7 heteroatoms. The summed E-state index contributed by atoms with van der Waals surface area (Å²) in [5, 5.41) is 0. The number of hydrogen-bond donors (Lipinski definition) is 1. The molecule has 0 aliphatic rings. The number of methoxy groups -OCH3 is 1. The lowest BCUT2D eigenvalue weighted by molar-refractivity contribution is -0.142. The Bertz CT molecular complexity index is 392. The highest BCUT2D eigenvalue weighted by atomic mass is 79.9. The number of aromatic nitrogens is 2. The highest BCUT2D eigenvalue weighted by Gasteiger charge is 2.16.